The molecule has 4 nitrogen and oxygen atoms in total. The van der Waals surface area contributed by atoms with Crippen LogP contribution in [-0.4, -0.2) is 24.6 Å². The average Bonchev–Trinajstić information content (AvgIpc) is 2.70. The van der Waals surface area contributed by atoms with Gasteiger partial charge in [-0.05, 0) is 26.2 Å². The Morgan fingerprint density at radius 2 is 2.12 bits per heavy atom. The summed E-state index contributed by atoms with van der Waals surface area (Å²) in [4.78, 5) is 16.9. The van der Waals surface area contributed by atoms with Gasteiger partial charge in [0.25, 0.3) is 0 Å². The van der Waals surface area contributed by atoms with Crippen LogP contribution in [-0.2, 0) is 9.63 Å². The van der Waals surface area contributed by atoms with Crippen LogP contribution in [0, 0.1) is 0 Å². The summed E-state index contributed by atoms with van der Waals surface area (Å²) in [5.74, 6) is 0.0129. The average molecular weight is 228 g/mol. The summed E-state index contributed by atoms with van der Waals surface area (Å²) in [7, 11) is 0. The van der Waals surface area contributed by atoms with Crippen LogP contribution >= 0.6 is 0 Å². The van der Waals surface area contributed by atoms with Gasteiger partial charge in [-0.25, -0.2) is 0 Å². The van der Waals surface area contributed by atoms with Gasteiger partial charge in [-0.15, -0.1) is 0 Å². The number of hydrogen-bond acceptors (Lipinski definition) is 3. The molecule has 94 valence electrons. The normalized spacial score (nSPS) is 18.6. The van der Waals surface area contributed by atoms with E-state index in [-0.39, 0.29) is 18.5 Å². The molecule has 2 N–H and O–H groups in total. The summed E-state index contributed by atoms with van der Waals surface area (Å²) in [5, 5.41) is 2.92. The Labute approximate surface area is 98.1 Å². The standard InChI is InChI=1S/C12H24N2O2/c1-3-6-10(2)14-12(15)9-13-16-11-7-4-5-8-11/h10-11,13H,3-9H2,1-2H3,(H,14,15). The van der Waals surface area contributed by atoms with Crippen LogP contribution in [0.1, 0.15) is 52.4 Å². The molecule has 0 aromatic rings. The zero-order chi connectivity index (χ0) is 11.8. The van der Waals surface area contributed by atoms with Gasteiger partial charge < -0.3 is 5.32 Å². The third-order valence-corrected chi connectivity index (χ3v) is 2.91. The van der Waals surface area contributed by atoms with Crippen molar-refractivity contribution in [3.63, 3.8) is 0 Å². The first-order valence-corrected chi connectivity index (χ1v) is 6.40. The highest BCUT2D eigenvalue weighted by atomic mass is 16.7. The van der Waals surface area contributed by atoms with Crippen LogP contribution in [0.5, 0.6) is 0 Å². The molecule has 1 unspecified atom stereocenters. The van der Waals surface area contributed by atoms with Gasteiger partial charge in [0.1, 0.15) is 0 Å². The molecule has 0 aromatic carbocycles. The number of nitrogens with one attached hydrogen (secondary N) is 2. The van der Waals surface area contributed by atoms with Crippen LogP contribution in [0.2, 0.25) is 0 Å². The van der Waals surface area contributed by atoms with Crippen LogP contribution in [0.4, 0.5) is 0 Å². The maximum atomic E-state index is 11.4. The van der Waals surface area contributed by atoms with Gasteiger partial charge in [-0.2, -0.15) is 5.48 Å². The predicted octanol–water partition coefficient (Wildman–Crippen LogP) is 1.75. The van der Waals surface area contributed by atoms with E-state index in [1.54, 1.807) is 0 Å². The van der Waals surface area contributed by atoms with Crippen molar-refractivity contribution in [2.45, 2.75) is 64.5 Å². The first-order valence-electron chi connectivity index (χ1n) is 6.40. The number of rotatable bonds is 7. The summed E-state index contributed by atoms with van der Waals surface area (Å²) in [6.45, 7) is 4.40. The predicted molar refractivity (Wildman–Crippen MR) is 63.9 cm³/mol. The zero-order valence-electron chi connectivity index (χ0n) is 10.4. The maximum absolute atomic E-state index is 11.4. The molecule has 1 saturated carbocycles. The summed E-state index contributed by atoms with van der Waals surface area (Å²) < 4.78 is 0. The van der Waals surface area contributed by atoms with E-state index in [1.807, 2.05) is 6.92 Å². The molecule has 4 heteroatoms. The number of amides is 1. The van der Waals surface area contributed by atoms with E-state index in [9.17, 15) is 4.79 Å². The number of hydrogen-bond donors (Lipinski definition) is 2. The van der Waals surface area contributed by atoms with Crippen molar-refractivity contribution in [2.24, 2.45) is 0 Å². The molecule has 16 heavy (non-hydrogen) atoms. The Kier molecular flexibility index (Phi) is 6.42. The van der Waals surface area contributed by atoms with Crippen LogP contribution in [0.3, 0.4) is 0 Å². The van der Waals surface area contributed by atoms with Crippen molar-refractivity contribution in [3.8, 4) is 0 Å². The van der Waals surface area contributed by atoms with Crippen LogP contribution in [0.25, 0.3) is 0 Å². The fourth-order valence-electron chi connectivity index (χ4n) is 2.06. The van der Waals surface area contributed by atoms with Crippen LogP contribution in [0.15, 0.2) is 0 Å². The van der Waals surface area contributed by atoms with E-state index < -0.39 is 0 Å². The van der Waals surface area contributed by atoms with E-state index >= 15 is 0 Å². The Morgan fingerprint density at radius 3 is 2.75 bits per heavy atom. The molecule has 0 spiro atoms. The SMILES string of the molecule is CCCC(C)NC(=O)CNOC1CCCC1. The molecule has 1 rings (SSSR count). The molecular formula is C12H24N2O2. The summed E-state index contributed by atoms with van der Waals surface area (Å²) in [6, 6.07) is 0.255. The molecule has 1 aliphatic carbocycles. The Hall–Kier alpha value is -0.610. The van der Waals surface area contributed by atoms with Crippen molar-refractivity contribution in [1.29, 1.82) is 0 Å². The molecule has 0 bridgehead atoms. The minimum Gasteiger partial charge on any atom is -0.352 e. The molecule has 1 aliphatic rings. The van der Waals surface area contributed by atoms with Crippen molar-refractivity contribution in [2.75, 3.05) is 6.54 Å². The summed E-state index contributed by atoms with van der Waals surface area (Å²) in [5.41, 5.74) is 2.76. The Bertz CT molecular complexity index is 203. The first kappa shape index (κ1) is 13.5. The first-order chi connectivity index (χ1) is 7.72. The Balaban J connectivity index is 2.01. The lowest BCUT2D eigenvalue weighted by Gasteiger charge is -2.14. The minimum atomic E-state index is 0.0129. The fraction of sp³-hybridized carbons (Fsp3) is 0.917. The topological polar surface area (TPSA) is 50.4 Å². The lowest BCUT2D eigenvalue weighted by atomic mass is 10.2. The van der Waals surface area contributed by atoms with Gasteiger partial charge in [-0.1, -0.05) is 26.2 Å². The number of hydroxylamine groups is 1. The smallest absolute Gasteiger partial charge is 0.236 e. The van der Waals surface area contributed by atoms with Crippen LogP contribution < -0.4 is 10.8 Å². The van der Waals surface area contributed by atoms with Crippen molar-refractivity contribution >= 4 is 5.91 Å². The van der Waals surface area contributed by atoms with E-state index in [2.05, 4.69) is 17.7 Å². The molecule has 1 fully saturated rings. The molecule has 0 heterocycles. The lowest BCUT2D eigenvalue weighted by molar-refractivity contribution is -0.124. The fourth-order valence-corrected chi connectivity index (χ4v) is 2.06. The van der Waals surface area contributed by atoms with Crippen molar-refractivity contribution in [3.05, 3.63) is 0 Å². The van der Waals surface area contributed by atoms with E-state index in [0.717, 1.165) is 25.7 Å². The molecule has 0 radical (unpaired) electrons. The number of carbonyl (C=O) groups is 1. The van der Waals surface area contributed by atoms with Gasteiger partial charge in [0.05, 0.1) is 12.6 Å². The molecule has 1 amide bonds. The van der Waals surface area contributed by atoms with Crippen molar-refractivity contribution in [1.82, 2.24) is 10.8 Å². The molecule has 0 saturated heterocycles. The lowest BCUT2D eigenvalue weighted by Crippen LogP contribution is -2.39. The quantitative estimate of drug-likeness (QED) is 0.653. The van der Waals surface area contributed by atoms with Crippen molar-refractivity contribution < 1.29 is 9.63 Å². The summed E-state index contributed by atoms with van der Waals surface area (Å²) in [6.07, 6.45) is 7.13. The largest absolute Gasteiger partial charge is 0.352 e. The third kappa shape index (κ3) is 5.47. The molecule has 0 aliphatic heterocycles. The molecular weight excluding hydrogens is 204 g/mol. The van der Waals surface area contributed by atoms with Gasteiger partial charge in [0, 0.05) is 6.04 Å². The Morgan fingerprint density at radius 1 is 1.44 bits per heavy atom. The maximum Gasteiger partial charge on any atom is 0.236 e. The van der Waals surface area contributed by atoms with Gasteiger partial charge in [-0.3, -0.25) is 9.63 Å². The molecule has 1 atom stereocenters. The monoisotopic (exact) mass is 228 g/mol. The minimum absolute atomic E-state index is 0.0129. The highest BCUT2D eigenvalue weighted by Gasteiger charge is 2.15. The molecule has 0 aromatic heterocycles. The zero-order valence-corrected chi connectivity index (χ0v) is 10.4. The summed E-state index contributed by atoms with van der Waals surface area (Å²) >= 11 is 0. The van der Waals surface area contributed by atoms with Gasteiger partial charge in [0.2, 0.25) is 5.91 Å². The highest BCUT2D eigenvalue weighted by Crippen LogP contribution is 2.19. The van der Waals surface area contributed by atoms with E-state index in [1.165, 1.54) is 12.8 Å². The second-order valence-electron chi connectivity index (χ2n) is 4.60. The second kappa shape index (κ2) is 7.63. The third-order valence-electron chi connectivity index (χ3n) is 2.91. The van der Waals surface area contributed by atoms with E-state index in [0.29, 0.717) is 6.10 Å². The number of carbonyl (C=O) groups excluding carboxylic acids is 1. The highest BCUT2D eigenvalue weighted by molar-refractivity contribution is 5.78. The second-order valence-corrected chi connectivity index (χ2v) is 4.60. The van der Waals surface area contributed by atoms with E-state index in [4.69, 9.17) is 4.84 Å². The van der Waals surface area contributed by atoms with Gasteiger partial charge >= 0.3 is 0 Å². The van der Waals surface area contributed by atoms with Gasteiger partial charge in [0.15, 0.2) is 0 Å².